The van der Waals surface area contributed by atoms with E-state index >= 15 is 0 Å². The molecule has 0 saturated carbocycles. The van der Waals surface area contributed by atoms with E-state index in [9.17, 15) is 24.0 Å². The van der Waals surface area contributed by atoms with E-state index in [-0.39, 0.29) is 38.2 Å². The monoisotopic (exact) mass is 520 g/mol. The molecule has 0 spiro atoms. The predicted octanol–water partition coefficient (Wildman–Crippen LogP) is -2.57. The molecule has 1 rings (SSSR count). The van der Waals surface area contributed by atoms with Gasteiger partial charge in [-0.3, -0.25) is 29.0 Å². The van der Waals surface area contributed by atoms with E-state index in [1.54, 1.807) is 30.3 Å². The molecule has 14 heteroatoms. The number of hydrogen-bond acceptors (Lipinski definition) is 7. The van der Waals surface area contributed by atoms with Crippen LogP contribution in [0.4, 0.5) is 0 Å². The molecule has 4 amide bonds. The second-order valence-corrected chi connectivity index (χ2v) is 8.44. The molecule has 0 aliphatic rings. The van der Waals surface area contributed by atoms with E-state index in [0.717, 1.165) is 0 Å². The normalized spacial score (nSPS) is 13.8. The largest absolute Gasteiger partial charge is 0.480 e. The minimum atomic E-state index is -1.25. The van der Waals surface area contributed by atoms with Crippen LogP contribution in [0.15, 0.2) is 35.3 Å². The summed E-state index contributed by atoms with van der Waals surface area (Å²) in [6.45, 7) is 1.55. The second-order valence-electron chi connectivity index (χ2n) is 8.44. The van der Waals surface area contributed by atoms with Crippen molar-refractivity contribution < 1.29 is 29.1 Å². The first-order valence-corrected chi connectivity index (χ1v) is 11.7. The van der Waals surface area contributed by atoms with Crippen LogP contribution >= 0.6 is 0 Å². The molecule has 1 aromatic rings. The fourth-order valence-electron chi connectivity index (χ4n) is 3.19. The molecule has 1 aromatic carbocycles. The lowest BCUT2D eigenvalue weighted by atomic mass is 10.0. The SMILES string of the molecule is CC(NC(=O)C(Cc1ccccc1)NC(=O)C(CCC(N)=O)NC(=O)C(N)CCCN=C(N)N)C(=O)O. The molecular formula is C23H36N8O6. The number of nitrogens with zero attached hydrogens (tertiary/aromatic N) is 1. The van der Waals surface area contributed by atoms with Gasteiger partial charge in [0, 0.05) is 19.4 Å². The fraction of sp³-hybridized carbons (Fsp3) is 0.478. The number of rotatable bonds is 16. The molecule has 0 fully saturated rings. The molecule has 0 bridgehead atoms. The van der Waals surface area contributed by atoms with Crippen LogP contribution in [-0.4, -0.2) is 71.4 Å². The molecule has 0 heterocycles. The van der Waals surface area contributed by atoms with Crippen molar-refractivity contribution in [1.29, 1.82) is 0 Å². The van der Waals surface area contributed by atoms with Crippen LogP contribution in [0.2, 0.25) is 0 Å². The number of carbonyl (C=O) groups excluding carboxylic acids is 4. The highest BCUT2D eigenvalue weighted by atomic mass is 16.4. The molecule has 14 nitrogen and oxygen atoms in total. The first kappa shape index (κ1) is 30.8. The Morgan fingerprint density at radius 2 is 1.49 bits per heavy atom. The van der Waals surface area contributed by atoms with Gasteiger partial charge in [0.05, 0.1) is 6.04 Å². The molecule has 12 N–H and O–H groups in total. The highest BCUT2D eigenvalue weighted by molar-refractivity contribution is 5.94. The van der Waals surface area contributed by atoms with E-state index in [4.69, 9.17) is 28.0 Å². The molecule has 0 aromatic heterocycles. The highest BCUT2D eigenvalue weighted by Gasteiger charge is 2.29. The van der Waals surface area contributed by atoms with Crippen molar-refractivity contribution >= 4 is 35.6 Å². The van der Waals surface area contributed by atoms with Crippen LogP contribution in [-0.2, 0) is 30.4 Å². The van der Waals surface area contributed by atoms with Gasteiger partial charge in [0.2, 0.25) is 23.6 Å². The lowest BCUT2D eigenvalue weighted by Gasteiger charge is -2.24. The Morgan fingerprint density at radius 1 is 0.892 bits per heavy atom. The van der Waals surface area contributed by atoms with Gasteiger partial charge in [0.25, 0.3) is 0 Å². The summed E-state index contributed by atoms with van der Waals surface area (Å²) in [6, 6.07) is 4.15. The minimum Gasteiger partial charge on any atom is -0.480 e. The molecule has 0 saturated heterocycles. The highest BCUT2D eigenvalue weighted by Crippen LogP contribution is 2.07. The number of carbonyl (C=O) groups is 5. The number of nitrogens with one attached hydrogen (secondary N) is 3. The van der Waals surface area contributed by atoms with E-state index in [1.807, 2.05) is 0 Å². The first-order valence-electron chi connectivity index (χ1n) is 11.7. The molecule has 4 unspecified atom stereocenters. The average molecular weight is 521 g/mol. The maximum absolute atomic E-state index is 13.1. The summed E-state index contributed by atoms with van der Waals surface area (Å²) in [4.78, 5) is 64.8. The van der Waals surface area contributed by atoms with Crippen LogP contribution < -0.4 is 38.9 Å². The quantitative estimate of drug-likeness (QED) is 0.0646. The number of aliphatic imine (C=N–C) groups is 1. The molecular weight excluding hydrogens is 484 g/mol. The van der Waals surface area contributed by atoms with Gasteiger partial charge in [0.15, 0.2) is 5.96 Å². The third kappa shape index (κ3) is 12.4. The maximum Gasteiger partial charge on any atom is 0.325 e. The zero-order chi connectivity index (χ0) is 28.0. The van der Waals surface area contributed by atoms with Crippen molar-refractivity contribution in [2.75, 3.05) is 6.54 Å². The number of guanidine groups is 1. The number of carboxylic acids is 1. The molecule has 204 valence electrons. The summed E-state index contributed by atoms with van der Waals surface area (Å²) in [5.74, 6) is -4.18. The van der Waals surface area contributed by atoms with Gasteiger partial charge in [-0.2, -0.15) is 0 Å². The summed E-state index contributed by atoms with van der Waals surface area (Å²) in [5, 5.41) is 16.5. The fourth-order valence-corrected chi connectivity index (χ4v) is 3.19. The van der Waals surface area contributed by atoms with Crippen LogP contribution in [0.5, 0.6) is 0 Å². The van der Waals surface area contributed by atoms with Crippen molar-refractivity contribution in [2.45, 2.75) is 63.2 Å². The Bertz CT molecular complexity index is 967. The van der Waals surface area contributed by atoms with Crippen LogP contribution in [0, 0.1) is 0 Å². The summed E-state index contributed by atoms with van der Waals surface area (Å²) in [6.07, 6.45) is 0.318. The number of aliphatic carboxylic acids is 1. The zero-order valence-electron chi connectivity index (χ0n) is 20.7. The zero-order valence-corrected chi connectivity index (χ0v) is 20.7. The molecule has 0 radical (unpaired) electrons. The minimum absolute atomic E-state index is 0.0472. The Hall–Kier alpha value is -4.20. The van der Waals surface area contributed by atoms with Gasteiger partial charge in [-0.15, -0.1) is 0 Å². The number of amides is 4. The molecule has 4 atom stereocenters. The first-order chi connectivity index (χ1) is 17.4. The van der Waals surface area contributed by atoms with E-state index in [0.29, 0.717) is 12.0 Å². The topological polar surface area (TPSA) is 258 Å². The average Bonchev–Trinajstić information content (AvgIpc) is 2.83. The van der Waals surface area contributed by atoms with Gasteiger partial charge < -0.3 is 44.0 Å². The summed E-state index contributed by atoms with van der Waals surface area (Å²) in [5.41, 5.74) is 22.3. The van der Waals surface area contributed by atoms with Crippen molar-refractivity contribution in [3.05, 3.63) is 35.9 Å². The lowest BCUT2D eigenvalue weighted by Crippen LogP contribution is -2.57. The lowest BCUT2D eigenvalue weighted by molar-refractivity contribution is -0.141. The third-order valence-electron chi connectivity index (χ3n) is 5.26. The van der Waals surface area contributed by atoms with Gasteiger partial charge >= 0.3 is 5.97 Å². The number of benzene rings is 1. The van der Waals surface area contributed by atoms with E-state index in [1.165, 1.54) is 6.92 Å². The van der Waals surface area contributed by atoms with Gasteiger partial charge in [-0.1, -0.05) is 30.3 Å². The van der Waals surface area contributed by atoms with Crippen molar-refractivity contribution in [3.63, 3.8) is 0 Å². The Labute approximate surface area is 214 Å². The molecule has 37 heavy (non-hydrogen) atoms. The maximum atomic E-state index is 13.1. The summed E-state index contributed by atoms with van der Waals surface area (Å²) in [7, 11) is 0. The third-order valence-corrected chi connectivity index (χ3v) is 5.26. The van der Waals surface area contributed by atoms with Gasteiger partial charge in [-0.05, 0) is 31.7 Å². The Morgan fingerprint density at radius 3 is 2.05 bits per heavy atom. The predicted molar refractivity (Wildman–Crippen MR) is 136 cm³/mol. The smallest absolute Gasteiger partial charge is 0.325 e. The van der Waals surface area contributed by atoms with Crippen LogP contribution in [0.1, 0.15) is 38.2 Å². The van der Waals surface area contributed by atoms with E-state index in [2.05, 4.69) is 20.9 Å². The van der Waals surface area contributed by atoms with E-state index < -0.39 is 53.8 Å². The van der Waals surface area contributed by atoms with Crippen molar-refractivity contribution in [2.24, 2.45) is 27.9 Å². The molecule has 0 aliphatic heterocycles. The van der Waals surface area contributed by atoms with Crippen molar-refractivity contribution in [3.8, 4) is 0 Å². The van der Waals surface area contributed by atoms with Crippen LogP contribution in [0.25, 0.3) is 0 Å². The number of carboxylic acid groups (broad SMARTS) is 1. The summed E-state index contributed by atoms with van der Waals surface area (Å²) >= 11 is 0. The van der Waals surface area contributed by atoms with Crippen molar-refractivity contribution in [1.82, 2.24) is 16.0 Å². The molecule has 0 aliphatic carbocycles. The van der Waals surface area contributed by atoms with Crippen LogP contribution in [0.3, 0.4) is 0 Å². The second kappa shape index (κ2) is 15.7. The Kier molecular flexibility index (Phi) is 13.1. The Balaban J connectivity index is 2.99. The standard InChI is InChI=1S/C23H36N8O6/c1-13(22(36)37)29-21(35)17(12-14-6-3-2-4-7-14)31-20(34)16(9-10-18(25)32)30-19(33)15(24)8-5-11-28-23(26)27/h2-4,6-7,13,15-17H,5,8-12,24H2,1H3,(H2,25,32)(H,29,35)(H,30,33)(H,31,34)(H,36,37)(H4,26,27,28). The number of hydrogen-bond donors (Lipinski definition) is 8. The number of nitrogens with two attached hydrogens (primary N) is 4. The van der Waals surface area contributed by atoms with Gasteiger partial charge in [-0.25, -0.2) is 0 Å². The summed E-state index contributed by atoms with van der Waals surface area (Å²) < 4.78 is 0. The number of primary amides is 1. The van der Waals surface area contributed by atoms with Gasteiger partial charge in [0.1, 0.15) is 18.1 Å².